The number of carbonyl (C=O) groups excluding carboxylic acids is 1. The lowest BCUT2D eigenvalue weighted by Crippen LogP contribution is -2.53. The Morgan fingerprint density at radius 2 is 1.97 bits per heavy atom. The molecule has 0 spiro atoms. The lowest BCUT2D eigenvalue weighted by molar-refractivity contribution is -0.138. The molecule has 4 atom stereocenters. The molecule has 5 nitrogen and oxygen atoms in total. The van der Waals surface area contributed by atoms with Gasteiger partial charge in [0.15, 0.2) is 0 Å². The summed E-state index contributed by atoms with van der Waals surface area (Å²) in [4.78, 5) is 22.7. The highest BCUT2D eigenvalue weighted by atomic mass is 32.2. The van der Waals surface area contributed by atoms with Crippen LogP contribution in [0.5, 0.6) is 0 Å². The Hall–Kier alpha value is -1.35. The molecule has 0 aromatic carbocycles. The maximum absolute atomic E-state index is 12.8. The zero-order valence-corrected chi connectivity index (χ0v) is 18.6. The van der Waals surface area contributed by atoms with Crippen molar-refractivity contribution in [3.63, 3.8) is 0 Å². The summed E-state index contributed by atoms with van der Waals surface area (Å²) in [6, 6.07) is 0.0944. The molecule has 1 saturated heterocycles. The van der Waals surface area contributed by atoms with Crippen molar-refractivity contribution in [1.82, 2.24) is 14.3 Å². The van der Waals surface area contributed by atoms with Crippen molar-refractivity contribution in [1.29, 1.82) is 0 Å². The fraction of sp³-hybridized carbons (Fsp3) is 0.762. The first-order chi connectivity index (χ1) is 14.1. The van der Waals surface area contributed by atoms with Gasteiger partial charge in [0.2, 0.25) is 5.95 Å². The zero-order valence-electron chi connectivity index (χ0n) is 17.7. The SMILES string of the molecule is CC(C)C1[C@@H]2CC[C@@]1(C[SH+]N1CCN(c3ncc(C(F)(F)F)cn3)[C@@H](C)C1)C(=O)C2. The van der Waals surface area contributed by atoms with Crippen LogP contribution in [0.15, 0.2) is 12.4 Å². The number of Topliss-reactive ketones (excluding diaryl/α,β-unsaturated/α-hetero) is 1. The van der Waals surface area contributed by atoms with Gasteiger partial charge in [0.25, 0.3) is 0 Å². The van der Waals surface area contributed by atoms with Crippen LogP contribution in [0.1, 0.15) is 45.6 Å². The molecule has 3 aliphatic rings. The first-order valence-electron chi connectivity index (χ1n) is 10.7. The van der Waals surface area contributed by atoms with Gasteiger partial charge in [-0.25, -0.2) is 9.97 Å². The minimum absolute atomic E-state index is 0.0944. The predicted octanol–water partition coefficient (Wildman–Crippen LogP) is 3.38. The summed E-state index contributed by atoms with van der Waals surface area (Å²) in [5, 5.41) is 0. The Balaban J connectivity index is 1.36. The molecule has 1 aromatic heterocycles. The second-order valence-electron chi connectivity index (χ2n) is 9.38. The summed E-state index contributed by atoms with van der Waals surface area (Å²) in [6.45, 7) is 8.78. The van der Waals surface area contributed by atoms with Gasteiger partial charge in [-0.3, -0.25) is 4.79 Å². The number of anilines is 1. The van der Waals surface area contributed by atoms with Crippen LogP contribution in [-0.4, -0.2) is 51.5 Å². The molecular weight excluding hydrogens is 413 g/mol. The minimum atomic E-state index is -4.42. The Morgan fingerprint density at radius 1 is 1.27 bits per heavy atom. The lowest BCUT2D eigenvalue weighted by Gasteiger charge is -2.37. The molecule has 0 radical (unpaired) electrons. The summed E-state index contributed by atoms with van der Waals surface area (Å²) in [6.07, 6.45) is 0.251. The average molecular weight is 444 g/mol. The second kappa shape index (κ2) is 7.97. The van der Waals surface area contributed by atoms with E-state index >= 15 is 0 Å². The number of thiol groups is 1. The number of fused-ring (bicyclic) bond motifs is 2. The van der Waals surface area contributed by atoms with Crippen LogP contribution >= 0.6 is 0 Å². The summed E-state index contributed by atoms with van der Waals surface area (Å²) in [5.41, 5.74) is -0.969. The molecule has 2 aliphatic carbocycles. The predicted molar refractivity (Wildman–Crippen MR) is 112 cm³/mol. The van der Waals surface area contributed by atoms with Crippen molar-refractivity contribution in [2.75, 3.05) is 30.3 Å². The molecule has 1 unspecified atom stereocenters. The standard InChI is InChI=1S/C21H29F3N4OS/c1-13(2)18-15-4-5-20(18,17(29)8-15)12-30-27-6-7-28(14(3)11-27)19-25-9-16(10-26-19)21(22,23)24/h9-10,13-15,18H,4-8,11-12H2,1-3H3/p+1/t14-,15+,18?,20+/m0/s1. The van der Waals surface area contributed by atoms with Gasteiger partial charge in [-0.05, 0) is 37.5 Å². The zero-order chi connectivity index (χ0) is 21.7. The Morgan fingerprint density at radius 3 is 2.53 bits per heavy atom. The van der Waals surface area contributed by atoms with E-state index in [0.717, 1.165) is 44.1 Å². The monoisotopic (exact) mass is 443 g/mol. The van der Waals surface area contributed by atoms with Gasteiger partial charge in [0.05, 0.1) is 36.0 Å². The van der Waals surface area contributed by atoms with Crippen LogP contribution in [-0.2, 0) is 22.9 Å². The van der Waals surface area contributed by atoms with Crippen LogP contribution in [0.25, 0.3) is 0 Å². The van der Waals surface area contributed by atoms with Gasteiger partial charge in [-0.2, -0.15) is 13.2 Å². The Labute approximate surface area is 179 Å². The van der Waals surface area contributed by atoms with E-state index in [1.165, 1.54) is 18.4 Å². The lowest BCUT2D eigenvalue weighted by atomic mass is 9.75. The number of hydrogen-bond donors (Lipinski definition) is 0. The van der Waals surface area contributed by atoms with E-state index in [-0.39, 0.29) is 11.5 Å². The van der Waals surface area contributed by atoms with Crippen LogP contribution in [0.3, 0.4) is 0 Å². The van der Waals surface area contributed by atoms with Crippen LogP contribution < -0.4 is 4.90 Å². The largest absolute Gasteiger partial charge is 0.419 e. The number of ketones is 1. The number of alkyl halides is 3. The number of piperazine rings is 1. The van der Waals surface area contributed by atoms with E-state index in [1.807, 2.05) is 11.8 Å². The van der Waals surface area contributed by atoms with Crippen LogP contribution in [0.2, 0.25) is 0 Å². The maximum Gasteiger partial charge on any atom is 0.419 e. The molecular formula is C21H30F3N4OS+. The van der Waals surface area contributed by atoms with Crippen molar-refractivity contribution < 1.29 is 18.0 Å². The van der Waals surface area contributed by atoms with Crippen molar-refractivity contribution >= 4 is 23.7 Å². The highest BCUT2D eigenvalue weighted by Gasteiger charge is 2.61. The summed E-state index contributed by atoms with van der Waals surface area (Å²) < 4.78 is 40.6. The minimum Gasteiger partial charge on any atom is -0.335 e. The normalized spacial score (nSPS) is 32.4. The van der Waals surface area contributed by atoms with Crippen molar-refractivity contribution in [2.24, 2.45) is 23.2 Å². The van der Waals surface area contributed by atoms with E-state index in [0.29, 0.717) is 36.0 Å². The molecule has 30 heavy (non-hydrogen) atoms. The number of halogens is 3. The molecule has 1 aliphatic heterocycles. The Kier molecular flexibility index (Phi) is 5.81. The molecule has 2 heterocycles. The molecule has 9 heteroatoms. The first-order valence-corrected chi connectivity index (χ1v) is 11.8. The highest BCUT2D eigenvalue weighted by Crippen LogP contribution is 2.59. The fourth-order valence-electron chi connectivity index (χ4n) is 5.90. The van der Waals surface area contributed by atoms with Crippen LogP contribution in [0, 0.1) is 23.2 Å². The summed E-state index contributed by atoms with van der Waals surface area (Å²) >= 11 is 1.19. The van der Waals surface area contributed by atoms with E-state index in [1.54, 1.807) is 0 Å². The van der Waals surface area contributed by atoms with Crippen molar-refractivity contribution in [3.8, 4) is 0 Å². The molecule has 0 amide bonds. The molecule has 3 fully saturated rings. The van der Waals surface area contributed by atoms with Crippen LogP contribution in [0.4, 0.5) is 19.1 Å². The smallest absolute Gasteiger partial charge is 0.335 e. The summed E-state index contributed by atoms with van der Waals surface area (Å²) in [5.74, 6) is 3.32. The van der Waals surface area contributed by atoms with E-state index in [2.05, 4.69) is 28.1 Å². The number of rotatable bonds is 5. The number of nitrogens with zero attached hydrogens (tertiary/aromatic N) is 4. The molecule has 1 aromatic rings. The third-order valence-corrected chi connectivity index (χ3v) is 8.68. The van der Waals surface area contributed by atoms with Gasteiger partial charge < -0.3 is 4.90 Å². The van der Waals surface area contributed by atoms with E-state index in [9.17, 15) is 18.0 Å². The number of carbonyl (C=O) groups is 1. The van der Waals surface area contributed by atoms with Crippen molar-refractivity contribution in [3.05, 3.63) is 18.0 Å². The molecule has 0 N–H and O–H groups in total. The average Bonchev–Trinajstić information content (AvgIpc) is 3.18. The third kappa shape index (κ3) is 3.83. The first kappa shape index (κ1) is 21.9. The quantitative estimate of drug-likeness (QED) is 0.516. The number of aromatic nitrogens is 2. The highest BCUT2D eigenvalue weighted by molar-refractivity contribution is 7.76. The number of hydrogen-bond acceptors (Lipinski definition) is 5. The summed E-state index contributed by atoms with van der Waals surface area (Å²) in [7, 11) is 0. The molecule has 2 bridgehead atoms. The van der Waals surface area contributed by atoms with Gasteiger partial charge in [-0.1, -0.05) is 13.8 Å². The Bertz CT molecular complexity index is 787. The van der Waals surface area contributed by atoms with Crippen molar-refractivity contribution in [2.45, 2.75) is 52.3 Å². The van der Waals surface area contributed by atoms with E-state index < -0.39 is 11.7 Å². The van der Waals surface area contributed by atoms with Gasteiger partial charge in [-0.15, -0.1) is 4.31 Å². The third-order valence-electron chi connectivity index (χ3n) is 7.21. The second-order valence-corrected chi connectivity index (χ2v) is 10.5. The molecule has 166 valence electrons. The van der Waals surface area contributed by atoms with E-state index in [4.69, 9.17) is 0 Å². The maximum atomic E-state index is 12.8. The fourth-order valence-corrected chi connectivity index (χ4v) is 7.48. The van der Waals surface area contributed by atoms with Gasteiger partial charge in [0, 0.05) is 31.4 Å². The van der Waals surface area contributed by atoms with Gasteiger partial charge >= 0.3 is 6.18 Å². The molecule has 4 rings (SSSR count). The van der Waals surface area contributed by atoms with Gasteiger partial charge in [0.1, 0.15) is 11.5 Å². The molecule has 2 saturated carbocycles. The topological polar surface area (TPSA) is 49.3 Å².